The van der Waals surface area contributed by atoms with Gasteiger partial charge in [-0.3, -0.25) is 0 Å². The zero-order valence-corrected chi connectivity index (χ0v) is 12.2. The maximum atomic E-state index is 13.4. The van der Waals surface area contributed by atoms with Crippen LogP contribution in [0.25, 0.3) is 0 Å². The highest BCUT2D eigenvalue weighted by Gasteiger charge is 2.19. The van der Waals surface area contributed by atoms with Gasteiger partial charge in [0.15, 0.2) is 0 Å². The number of anilines is 1. The van der Waals surface area contributed by atoms with E-state index in [4.69, 9.17) is 10.5 Å². The van der Waals surface area contributed by atoms with Crippen LogP contribution in [0.3, 0.4) is 0 Å². The maximum Gasteiger partial charge on any atom is 0.145 e. The fourth-order valence-electron chi connectivity index (χ4n) is 2.59. The molecule has 0 heterocycles. The van der Waals surface area contributed by atoms with Crippen LogP contribution in [0, 0.1) is 17.7 Å². The van der Waals surface area contributed by atoms with Gasteiger partial charge in [-0.2, -0.15) is 0 Å². The van der Waals surface area contributed by atoms with E-state index in [1.807, 2.05) is 0 Å². The predicted octanol–water partition coefficient (Wildman–Crippen LogP) is 4.38. The van der Waals surface area contributed by atoms with Crippen molar-refractivity contribution in [2.45, 2.75) is 32.6 Å². The Kier molecular flexibility index (Phi) is 4.49. The highest BCUT2D eigenvalue weighted by Crippen LogP contribution is 2.32. The van der Waals surface area contributed by atoms with E-state index in [0.717, 1.165) is 5.92 Å². The van der Waals surface area contributed by atoms with Gasteiger partial charge < -0.3 is 10.5 Å². The summed E-state index contributed by atoms with van der Waals surface area (Å²) in [6.07, 6.45) is 4.97. The quantitative estimate of drug-likeness (QED) is 0.840. The number of rotatable bonds is 3. The normalized spacial score (nSPS) is 23.9. The molecule has 1 aromatic rings. The van der Waals surface area contributed by atoms with Crippen LogP contribution >= 0.6 is 15.9 Å². The van der Waals surface area contributed by atoms with Gasteiger partial charge in [-0.1, -0.05) is 19.8 Å². The van der Waals surface area contributed by atoms with Gasteiger partial charge in [0, 0.05) is 6.07 Å². The zero-order chi connectivity index (χ0) is 13.1. The van der Waals surface area contributed by atoms with Gasteiger partial charge in [0.1, 0.15) is 11.6 Å². The highest BCUT2D eigenvalue weighted by molar-refractivity contribution is 9.10. The first-order chi connectivity index (χ1) is 8.56. The van der Waals surface area contributed by atoms with Crippen LogP contribution in [-0.4, -0.2) is 6.61 Å². The Morgan fingerprint density at radius 2 is 2.22 bits per heavy atom. The summed E-state index contributed by atoms with van der Waals surface area (Å²) in [4.78, 5) is 0. The number of halogens is 2. The molecule has 2 rings (SSSR count). The fourth-order valence-corrected chi connectivity index (χ4v) is 2.95. The van der Waals surface area contributed by atoms with Crippen LogP contribution in [0.2, 0.25) is 0 Å². The van der Waals surface area contributed by atoms with Crippen LogP contribution in [0.4, 0.5) is 10.1 Å². The summed E-state index contributed by atoms with van der Waals surface area (Å²) < 4.78 is 19.5. The van der Waals surface area contributed by atoms with Crippen molar-refractivity contribution in [2.75, 3.05) is 12.3 Å². The van der Waals surface area contributed by atoms with E-state index in [1.165, 1.54) is 31.7 Å². The van der Waals surface area contributed by atoms with Crippen molar-refractivity contribution in [3.63, 3.8) is 0 Å². The number of benzene rings is 1. The molecule has 0 saturated heterocycles. The van der Waals surface area contributed by atoms with Gasteiger partial charge in [0.25, 0.3) is 0 Å². The Bertz CT molecular complexity index is 425. The van der Waals surface area contributed by atoms with Crippen LogP contribution in [0.1, 0.15) is 32.6 Å². The number of nitrogen functional groups attached to an aromatic ring is 1. The summed E-state index contributed by atoms with van der Waals surface area (Å²) in [6.45, 7) is 2.91. The van der Waals surface area contributed by atoms with Crippen LogP contribution < -0.4 is 10.5 Å². The van der Waals surface area contributed by atoms with Gasteiger partial charge in [0.2, 0.25) is 0 Å². The third-order valence-corrected chi connectivity index (χ3v) is 4.18. The minimum Gasteiger partial charge on any atom is -0.491 e. The fraction of sp³-hybridized carbons (Fsp3) is 0.571. The van der Waals surface area contributed by atoms with E-state index in [0.29, 0.717) is 28.4 Å². The standard InChI is InChI=1S/C14H19BrFNO/c1-9-3-2-4-10(5-9)8-18-14-7-12(16)11(15)6-13(14)17/h6-7,9-10H,2-5,8,17H2,1H3. The molecule has 1 saturated carbocycles. The number of nitrogens with two attached hydrogens (primary N) is 1. The van der Waals surface area contributed by atoms with Gasteiger partial charge in [0.05, 0.1) is 16.8 Å². The Labute approximate surface area is 116 Å². The first kappa shape index (κ1) is 13.7. The summed E-state index contributed by atoms with van der Waals surface area (Å²) in [5, 5.41) is 0. The average molecular weight is 316 g/mol. The average Bonchev–Trinajstić information content (AvgIpc) is 2.32. The predicted molar refractivity (Wildman–Crippen MR) is 75.1 cm³/mol. The molecule has 2 N–H and O–H groups in total. The Balaban J connectivity index is 1.95. The number of hydrogen-bond donors (Lipinski definition) is 1. The van der Waals surface area contributed by atoms with E-state index in [2.05, 4.69) is 22.9 Å². The van der Waals surface area contributed by atoms with E-state index in [9.17, 15) is 4.39 Å². The summed E-state index contributed by atoms with van der Waals surface area (Å²) in [5.74, 6) is 1.45. The van der Waals surface area contributed by atoms with Crippen molar-refractivity contribution in [3.8, 4) is 5.75 Å². The lowest BCUT2D eigenvalue weighted by molar-refractivity contribution is 0.182. The van der Waals surface area contributed by atoms with E-state index < -0.39 is 0 Å². The van der Waals surface area contributed by atoms with Crippen LogP contribution in [0.15, 0.2) is 16.6 Å². The lowest BCUT2D eigenvalue weighted by atomic mass is 9.83. The van der Waals surface area contributed by atoms with Crippen molar-refractivity contribution in [3.05, 3.63) is 22.4 Å². The molecule has 2 nitrogen and oxygen atoms in total. The van der Waals surface area contributed by atoms with Gasteiger partial charge in [-0.15, -0.1) is 0 Å². The number of hydrogen-bond acceptors (Lipinski definition) is 2. The van der Waals surface area contributed by atoms with Crippen molar-refractivity contribution < 1.29 is 9.13 Å². The number of ether oxygens (including phenoxy) is 1. The molecule has 4 heteroatoms. The first-order valence-corrected chi connectivity index (χ1v) is 7.23. The molecule has 1 aliphatic carbocycles. The van der Waals surface area contributed by atoms with Crippen LogP contribution in [-0.2, 0) is 0 Å². The highest BCUT2D eigenvalue weighted by atomic mass is 79.9. The minimum absolute atomic E-state index is 0.337. The van der Waals surface area contributed by atoms with Crippen molar-refractivity contribution in [2.24, 2.45) is 11.8 Å². The Hall–Kier alpha value is -0.770. The molecular weight excluding hydrogens is 297 g/mol. The molecule has 0 radical (unpaired) electrons. The van der Waals surface area contributed by atoms with Gasteiger partial charge >= 0.3 is 0 Å². The monoisotopic (exact) mass is 315 g/mol. The second-order valence-corrected chi connectivity index (χ2v) is 6.11. The summed E-state index contributed by atoms with van der Waals surface area (Å²) in [5.41, 5.74) is 6.29. The van der Waals surface area contributed by atoms with Gasteiger partial charge in [-0.05, 0) is 46.7 Å². The van der Waals surface area contributed by atoms with E-state index >= 15 is 0 Å². The molecule has 2 unspecified atom stereocenters. The summed E-state index contributed by atoms with van der Waals surface area (Å²) >= 11 is 3.11. The molecule has 18 heavy (non-hydrogen) atoms. The lowest BCUT2D eigenvalue weighted by Gasteiger charge is -2.26. The molecule has 0 spiro atoms. The summed E-state index contributed by atoms with van der Waals surface area (Å²) in [7, 11) is 0. The van der Waals surface area contributed by atoms with Crippen molar-refractivity contribution in [1.29, 1.82) is 0 Å². The second-order valence-electron chi connectivity index (χ2n) is 5.25. The van der Waals surface area contributed by atoms with Gasteiger partial charge in [-0.25, -0.2) is 4.39 Å². The van der Waals surface area contributed by atoms with Crippen molar-refractivity contribution >= 4 is 21.6 Å². The zero-order valence-electron chi connectivity index (χ0n) is 10.6. The molecule has 1 aromatic carbocycles. The largest absolute Gasteiger partial charge is 0.491 e. The van der Waals surface area contributed by atoms with Crippen LogP contribution in [0.5, 0.6) is 5.75 Å². The molecule has 100 valence electrons. The Morgan fingerprint density at radius 3 is 2.94 bits per heavy atom. The van der Waals surface area contributed by atoms with E-state index in [-0.39, 0.29) is 5.82 Å². The summed E-state index contributed by atoms with van der Waals surface area (Å²) in [6, 6.07) is 2.90. The molecule has 0 aromatic heterocycles. The third kappa shape index (κ3) is 3.37. The first-order valence-electron chi connectivity index (χ1n) is 6.43. The minimum atomic E-state index is -0.337. The molecule has 0 amide bonds. The second kappa shape index (κ2) is 5.91. The lowest BCUT2D eigenvalue weighted by Crippen LogP contribution is -2.20. The molecule has 0 bridgehead atoms. The molecule has 2 atom stereocenters. The Morgan fingerprint density at radius 1 is 1.44 bits per heavy atom. The smallest absolute Gasteiger partial charge is 0.145 e. The maximum absolute atomic E-state index is 13.4. The molecule has 0 aliphatic heterocycles. The SMILES string of the molecule is CC1CCCC(COc2cc(F)c(Br)cc2N)C1. The molecule has 1 aliphatic rings. The molecule has 1 fully saturated rings. The topological polar surface area (TPSA) is 35.2 Å². The van der Waals surface area contributed by atoms with Crippen molar-refractivity contribution in [1.82, 2.24) is 0 Å². The third-order valence-electron chi connectivity index (χ3n) is 3.57. The van der Waals surface area contributed by atoms with E-state index in [1.54, 1.807) is 6.07 Å². The molecular formula is C14H19BrFNO.